The van der Waals surface area contributed by atoms with Crippen LogP contribution < -0.4 is 10.6 Å². The van der Waals surface area contributed by atoms with E-state index in [1.54, 1.807) is 26.1 Å². The summed E-state index contributed by atoms with van der Waals surface area (Å²) in [5, 5.41) is 7.99. The van der Waals surface area contributed by atoms with Crippen LogP contribution in [0.15, 0.2) is 12.1 Å². The molecule has 164 valence electrons. The molecule has 0 saturated carbocycles. The van der Waals surface area contributed by atoms with E-state index in [1.165, 1.54) is 14.0 Å². The largest absolute Gasteiger partial charge is 0.444 e. The molecule has 0 aliphatic heterocycles. The number of halogens is 4. The topological polar surface area (TPSA) is 98.1 Å². The van der Waals surface area contributed by atoms with Crippen molar-refractivity contribution in [1.82, 2.24) is 20.1 Å². The van der Waals surface area contributed by atoms with E-state index in [9.17, 15) is 27.2 Å². The Morgan fingerprint density at radius 2 is 1.83 bits per heavy atom. The number of ether oxygens (including phenoxy) is 1. The van der Waals surface area contributed by atoms with E-state index in [4.69, 9.17) is 4.74 Å². The van der Waals surface area contributed by atoms with Crippen molar-refractivity contribution < 1.29 is 31.9 Å². The second-order valence-electron chi connectivity index (χ2n) is 7.45. The number of aryl methyl sites for hydroxylation is 2. The smallest absolute Gasteiger partial charge is 0.414 e. The third-order valence-corrected chi connectivity index (χ3v) is 3.62. The fourth-order valence-electron chi connectivity index (χ4n) is 2.43. The normalized spacial score (nSPS) is 11.9. The summed E-state index contributed by atoms with van der Waals surface area (Å²) in [7, 11) is 1.42. The van der Waals surface area contributed by atoms with Gasteiger partial charge in [0.25, 0.3) is 11.9 Å². The van der Waals surface area contributed by atoms with Crippen molar-refractivity contribution in [2.24, 2.45) is 7.05 Å². The van der Waals surface area contributed by atoms with Gasteiger partial charge < -0.3 is 10.1 Å². The minimum atomic E-state index is -4.59. The monoisotopic (exact) mass is 431 g/mol. The molecule has 1 heterocycles. The zero-order valence-corrected chi connectivity index (χ0v) is 16.9. The molecular formula is C18H21F4N5O3. The zero-order chi connectivity index (χ0) is 22.9. The van der Waals surface area contributed by atoms with Crippen molar-refractivity contribution >= 4 is 17.9 Å². The molecule has 8 nitrogen and oxygen atoms in total. The molecule has 2 rings (SSSR count). The number of rotatable bonds is 4. The molecule has 2 N–H and O–H groups in total. The Balaban J connectivity index is 2.32. The molecule has 1 aromatic heterocycles. The number of benzene rings is 1. The van der Waals surface area contributed by atoms with Crippen molar-refractivity contribution in [1.29, 1.82) is 0 Å². The first-order chi connectivity index (χ1) is 13.7. The maximum atomic E-state index is 14.5. The molecule has 0 aliphatic rings. The molecule has 0 radical (unpaired) electrons. The van der Waals surface area contributed by atoms with Gasteiger partial charge in [0, 0.05) is 12.6 Å². The van der Waals surface area contributed by atoms with Crippen LogP contribution in [0, 0.1) is 12.7 Å². The summed E-state index contributed by atoms with van der Waals surface area (Å²) in [4.78, 5) is 28.0. The van der Waals surface area contributed by atoms with Crippen LogP contribution in [0.4, 0.5) is 28.3 Å². The highest BCUT2D eigenvalue weighted by atomic mass is 19.4. The summed E-state index contributed by atoms with van der Waals surface area (Å²) in [6, 6.07) is 2.09. The molecule has 0 spiro atoms. The Hall–Kier alpha value is -3.18. The molecule has 0 atom stereocenters. The first kappa shape index (κ1) is 23.1. The average Bonchev–Trinajstić information content (AvgIpc) is 2.90. The molecule has 12 heteroatoms. The number of nitrogens with zero attached hydrogens (tertiary/aromatic N) is 3. The van der Waals surface area contributed by atoms with E-state index in [1.807, 2.05) is 0 Å². The van der Waals surface area contributed by atoms with Gasteiger partial charge in [-0.15, -0.1) is 5.10 Å². The maximum absolute atomic E-state index is 14.5. The van der Waals surface area contributed by atoms with Gasteiger partial charge in [0.15, 0.2) is 5.82 Å². The standard InChI is InChI=1S/C18H21F4N5O3/c1-9-6-12(19)11(7-10(9)14(28)23-8-18(20,21)22)13-24-15(26-27(13)5)25-16(29)30-17(2,3)4/h6-7H,8H2,1-5H3,(H,23,28)(H,25,26,29). The minimum absolute atomic E-state index is 0.0524. The summed E-state index contributed by atoms with van der Waals surface area (Å²) in [6.07, 6.45) is -5.41. The van der Waals surface area contributed by atoms with Gasteiger partial charge in [0.1, 0.15) is 18.0 Å². The van der Waals surface area contributed by atoms with Crippen LogP contribution in [-0.2, 0) is 11.8 Å². The molecule has 2 aromatic rings. The molecule has 0 bridgehead atoms. The van der Waals surface area contributed by atoms with Crippen LogP contribution in [0.5, 0.6) is 0 Å². The molecule has 0 unspecified atom stereocenters. The fourth-order valence-corrected chi connectivity index (χ4v) is 2.43. The number of alkyl halides is 3. The van der Waals surface area contributed by atoms with Crippen molar-refractivity contribution in [2.45, 2.75) is 39.5 Å². The van der Waals surface area contributed by atoms with Gasteiger partial charge in [0.2, 0.25) is 0 Å². The van der Waals surface area contributed by atoms with Gasteiger partial charge in [0.05, 0.1) is 5.56 Å². The van der Waals surface area contributed by atoms with Crippen LogP contribution in [0.3, 0.4) is 0 Å². The van der Waals surface area contributed by atoms with E-state index >= 15 is 0 Å². The number of nitrogens with one attached hydrogen (secondary N) is 2. The third-order valence-electron chi connectivity index (χ3n) is 3.62. The van der Waals surface area contributed by atoms with Crippen LogP contribution >= 0.6 is 0 Å². The van der Waals surface area contributed by atoms with Crippen molar-refractivity contribution in [3.63, 3.8) is 0 Å². The minimum Gasteiger partial charge on any atom is -0.444 e. The number of aromatic nitrogens is 3. The van der Waals surface area contributed by atoms with Gasteiger partial charge >= 0.3 is 12.3 Å². The van der Waals surface area contributed by atoms with E-state index in [-0.39, 0.29) is 28.5 Å². The summed E-state index contributed by atoms with van der Waals surface area (Å²) in [6.45, 7) is 4.86. The maximum Gasteiger partial charge on any atom is 0.414 e. The molecular weight excluding hydrogens is 410 g/mol. The highest BCUT2D eigenvalue weighted by molar-refractivity contribution is 5.96. The first-order valence-electron chi connectivity index (χ1n) is 8.73. The van der Waals surface area contributed by atoms with Gasteiger partial charge in [-0.2, -0.15) is 18.2 Å². The van der Waals surface area contributed by atoms with Crippen LogP contribution in [-0.4, -0.2) is 45.1 Å². The Bertz CT molecular complexity index is 964. The fraction of sp³-hybridized carbons (Fsp3) is 0.444. The predicted molar refractivity (Wildman–Crippen MR) is 99.4 cm³/mol. The second kappa shape index (κ2) is 8.28. The van der Waals surface area contributed by atoms with Crippen LogP contribution in [0.2, 0.25) is 0 Å². The number of hydrogen-bond donors (Lipinski definition) is 2. The Morgan fingerprint density at radius 1 is 1.20 bits per heavy atom. The molecule has 0 fully saturated rings. The first-order valence-corrected chi connectivity index (χ1v) is 8.73. The van der Waals surface area contributed by atoms with Gasteiger partial charge in [-0.1, -0.05) is 0 Å². The quantitative estimate of drug-likeness (QED) is 0.722. The third kappa shape index (κ3) is 6.16. The predicted octanol–water partition coefficient (Wildman–Crippen LogP) is 3.57. The van der Waals surface area contributed by atoms with E-state index < -0.39 is 36.1 Å². The van der Waals surface area contributed by atoms with Crippen molar-refractivity contribution in [2.75, 3.05) is 11.9 Å². The lowest BCUT2D eigenvalue weighted by Crippen LogP contribution is -2.34. The molecule has 2 amide bonds. The van der Waals surface area contributed by atoms with E-state index in [0.29, 0.717) is 0 Å². The van der Waals surface area contributed by atoms with Crippen LogP contribution in [0.1, 0.15) is 36.7 Å². The van der Waals surface area contributed by atoms with E-state index in [0.717, 1.165) is 16.8 Å². The molecule has 30 heavy (non-hydrogen) atoms. The highest BCUT2D eigenvalue weighted by Gasteiger charge is 2.28. The zero-order valence-electron chi connectivity index (χ0n) is 16.9. The SMILES string of the molecule is Cc1cc(F)c(-c2nc(NC(=O)OC(C)(C)C)nn2C)cc1C(=O)NCC(F)(F)F. The number of hydrogen-bond acceptors (Lipinski definition) is 5. The summed E-state index contributed by atoms with van der Waals surface area (Å²) in [5.41, 5.74) is -0.945. The number of amides is 2. The lowest BCUT2D eigenvalue weighted by atomic mass is 10.0. The summed E-state index contributed by atoms with van der Waals surface area (Å²) >= 11 is 0. The number of anilines is 1. The number of carbonyl (C=O) groups excluding carboxylic acids is 2. The average molecular weight is 431 g/mol. The second-order valence-corrected chi connectivity index (χ2v) is 7.45. The lowest BCUT2D eigenvalue weighted by molar-refractivity contribution is -0.123. The van der Waals surface area contributed by atoms with Gasteiger partial charge in [-0.3, -0.25) is 10.1 Å². The molecule has 1 aromatic carbocycles. The lowest BCUT2D eigenvalue weighted by Gasteiger charge is -2.18. The van der Waals surface area contributed by atoms with Crippen LogP contribution in [0.25, 0.3) is 11.4 Å². The van der Waals surface area contributed by atoms with E-state index in [2.05, 4.69) is 15.4 Å². The summed E-state index contributed by atoms with van der Waals surface area (Å²) < 4.78 is 57.8. The van der Waals surface area contributed by atoms with Crippen molar-refractivity contribution in [3.8, 4) is 11.4 Å². The molecule has 0 saturated heterocycles. The number of carbonyl (C=O) groups is 2. The van der Waals surface area contributed by atoms with Gasteiger partial charge in [-0.05, 0) is 45.4 Å². The Kier molecular flexibility index (Phi) is 6.38. The van der Waals surface area contributed by atoms with Gasteiger partial charge in [-0.25, -0.2) is 13.9 Å². The Labute approximate surface area is 169 Å². The highest BCUT2D eigenvalue weighted by Crippen LogP contribution is 2.26. The Morgan fingerprint density at radius 3 is 2.40 bits per heavy atom. The van der Waals surface area contributed by atoms with Crippen molar-refractivity contribution in [3.05, 3.63) is 29.1 Å². The molecule has 0 aliphatic carbocycles. The summed E-state index contributed by atoms with van der Waals surface area (Å²) in [5.74, 6) is -2.01.